The van der Waals surface area contributed by atoms with E-state index in [0.717, 1.165) is 28.5 Å². The number of benzene rings is 1. The predicted molar refractivity (Wildman–Crippen MR) is 118 cm³/mol. The quantitative estimate of drug-likeness (QED) is 0.457. The van der Waals surface area contributed by atoms with Crippen LogP contribution >= 0.6 is 11.6 Å². The van der Waals surface area contributed by atoms with Crippen molar-refractivity contribution in [3.63, 3.8) is 0 Å². The molecule has 0 unspecified atom stereocenters. The lowest BCUT2D eigenvalue weighted by molar-refractivity contribution is 0.302. The van der Waals surface area contributed by atoms with E-state index in [1.165, 1.54) is 10.2 Å². The highest BCUT2D eigenvalue weighted by atomic mass is 35.5. The van der Waals surface area contributed by atoms with Gasteiger partial charge in [-0.15, -0.1) is 5.10 Å². The molecule has 0 aliphatic heterocycles. The van der Waals surface area contributed by atoms with Crippen LogP contribution in [-0.2, 0) is 19.6 Å². The van der Waals surface area contributed by atoms with Crippen molar-refractivity contribution in [3.8, 4) is 0 Å². The molecule has 4 rings (SSSR count). The van der Waals surface area contributed by atoms with Crippen LogP contribution in [0.1, 0.15) is 22.5 Å². The second-order valence-electron chi connectivity index (χ2n) is 7.57. The van der Waals surface area contributed by atoms with Crippen molar-refractivity contribution in [3.05, 3.63) is 86.7 Å². The molecule has 0 amide bonds. The van der Waals surface area contributed by atoms with E-state index >= 15 is 0 Å². The molecule has 0 bridgehead atoms. The Labute approximate surface area is 180 Å². The maximum Gasteiger partial charge on any atom is 0.350 e. The van der Waals surface area contributed by atoms with Crippen LogP contribution in [0.25, 0.3) is 5.65 Å². The Morgan fingerprint density at radius 1 is 1.03 bits per heavy atom. The Kier molecular flexibility index (Phi) is 5.74. The molecule has 0 fully saturated rings. The van der Waals surface area contributed by atoms with E-state index in [0.29, 0.717) is 25.3 Å². The zero-order valence-electron chi connectivity index (χ0n) is 17.4. The van der Waals surface area contributed by atoms with Crippen molar-refractivity contribution in [2.24, 2.45) is 0 Å². The lowest BCUT2D eigenvalue weighted by Crippen LogP contribution is -2.29. The van der Waals surface area contributed by atoms with E-state index in [-0.39, 0.29) is 5.69 Å². The summed E-state index contributed by atoms with van der Waals surface area (Å²) in [5.74, 6) is 0. The monoisotopic (exact) mass is 424 g/mol. The van der Waals surface area contributed by atoms with Crippen molar-refractivity contribution in [1.82, 2.24) is 28.9 Å². The van der Waals surface area contributed by atoms with Gasteiger partial charge in [-0.2, -0.15) is 5.10 Å². The highest BCUT2D eigenvalue weighted by Crippen LogP contribution is 2.20. The van der Waals surface area contributed by atoms with Crippen molar-refractivity contribution in [1.29, 1.82) is 0 Å². The molecule has 0 radical (unpaired) electrons. The largest absolute Gasteiger partial charge is 0.350 e. The van der Waals surface area contributed by atoms with Crippen LogP contribution in [0.15, 0.2) is 53.5 Å². The maximum atomic E-state index is 12.4. The van der Waals surface area contributed by atoms with Gasteiger partial charge in [0, 0.05) is 35.6 Å². The second-order valence-corrected chi connectivity index (χ2v) is 7.98. The molecule has 3 aromatic heterocycles. The first-order chi connectivity index (χ1) is 14.4. The molecule has 30 heavy (non-hydrogen) atoms. The number of fused-ring (bicyclic) bond motifs is 1. The van der Waals surface area contributed by atoms with Gasteiger partial charge in [-0.05, 0) is 44.7 Å². The van der Waals surface area contributed by atoms with Gasteiger partial charge in [0.25, 0.3) is 0 Å². The molecule has 0 saturated carbocycles. The highest BCUT2D eigenvalue weighted by Gasteiger charge is 2.15. The Morgan fingerprint density at radius 3 is 2.57 bits per heavy atom. The number of hydrogen-bond acceptors (Lipinski definition) is 4. The van der Waals surface area contributed by atoms with Crippen LogP contribution < -0.4 is 5.69 Å². The van der Waals surface area contributed by atoms with Gasteiger partial charge in [-0.25, -0.2) is 9.48 Å². The van der Waals surface area contributed by atoms with E-state index in [1.807, 2.05) is 61.1 Å². The van der Waals surface area contributed by atoms with Gasteiger partial charge in [0.05, 0.1) is 18.8 Å². The standard InChI is InChI=1S/C22H25ClN6O/c1-16-19(17(2)29(24-16)14-18-8-4-5-9-20(18)23)15-26(3)12-13-28-22(30)27-11-7-6-10-21(27)25-28/h4-11H,12-15H2,1-3H3. The third kappa shape index (κ3) is 4.04. The van der Waals surface area contributed by atoms with Gasteiger partial charge in [0.15, 0.2) is 5.65 Å². The third-order valence-corrected chi connectivity index (χ3v) is 5.79. The number of aromatic nitrogens is 5. The second kappa shape index (κ2) is 8.45. The molecule has 0 aliphatic carbocycles. The maximum absolute atomic E-state index is 12.4. The van der Waals surface area contributed by atoms with Gasteiger partial charge in [-0.3, -0.25) is 9.08 Å². The summed E-state index contributed by atoms with van der Waals surface area (Å²) in [6.45, 7) is 6.76. The van der Waals surface area contributed by atoms with E-state index in [2.05, 4.69) is 16.9 Å². The predicted octanol–water partition coefficient (Wildman–Crippen LogP) is 3.14. The molecule has 3 heterocycles. The molecular weight excluding hydrogens is 400 g/mol. The first kappa shape index (κ1) is 20.4. The zero-order valence-corrected chi connectivity index (χ0v) is 18.2. The highest BCUT2D eigenvalue weighted by molar-refractivity contribution is 6.31. The van der Waals surface area contributed by atoms with Crippen LogP contribution in [0.5, 0.6) is 0 Å². The van der Waals surface area contributed by atoms with E-state index in [1.54, 1.807) is 10.6 Å². The number of rotatable bonds is 7. The fourth-order valence-corrected chi connectivity index (χ4v) is 3.83. The molecule has 7 nitrogen and oxygen atoms in total. The SMILES string of the molecule is Cc1nn(Cc2ccccc2Cl)c(C)c1CN(C)CCn1nc2ccccn2c1=O. The van der Waals surface area contributed by atoms with Gasteiger partial charge in [-0.1, -0.05) is 35.9 Å². The molecule has 0 atom stereocenters. The minimum absolute atomic E-state index is 0.112. The molecule has 0 spiro atoms. The van der Waals surface area contributed by atoms with Gasteiger partial charge < -0.3 is 4.90 Å². The molecule has 1 aromatic carbocycles. The summed E-state index contributed by atoms with van der Waals surface area (Å²) < 4.78 is 5.09. The molecular formula is C22H25ClN6O. The van der Waals surface area contributed by atoms with Crippen molar-refractivity contribution in [2.45, 2.75) is 33.5 Å². The summed E-state index contributed by atoms with van der Waals surface area (Å²) >= 11 is 6.31. The van der Waals surface area contributed by atoms with Crippen molar-refractivity contribution in [2.75, 3.05) is 13.6 Å². The number of halogens is 1. The summed E-state index contributed by atoms with van der Waals surface area (Å²) in [6, 6.07) is 13.4. The number of likely N-dealkylation sites (N-methyl/N-ethyl adjacent to an activating group) is 1. The smallest absolute Gasteiger partial charge is 0.300 e. The van der Waals surface area contributed by atoms with Gasteiger partial charge in [0.1, 0.15) is 0 Å². The number of pyridine rings is 1. The van der Waals surface area contributed by atoms with Crippen LogP contribution in [-0.4, -0.2) is 42.5 Å². The third-order valence-electron chi connectivity index (χ3n) is 5.42. The molecule has 8 heteroatoms. The Morgan fingerprint density at radius 2 is 1.80 bits per heavy atom. The molecule has 0 aliphatic rings. The Hall–Kier alpha value is -2.90. The average Bonchev–Trinajstić information content (AvgIpc) is 3.19. The molecule has 4 aromatic rings. The summed E-state index contributed by atoms with van der Waals surface area (Å²) in [5, 5.41) is 9.87. The van der Waals surface area contributed by atoms with Crippen LogP contribution in [0, 0.1) is 13.8 Å². The molecule has 156 valence electrons. The van der Waals surface area contributed by atoms with Crippen LogP contribution in [0.2, 0.25) is 5.02 Å². The van der Waals surface area contributed by atoms with Crippen molar-refractivity contribution < 1.29 is 0 Å². The Bertz CT molecular complexity index is 1240. The average molecular weight is 425 g/mol. The molecule has 0 saturated heterocycles. The Balaban J connectivity index is 1.44. The number of hydrogen-bond donors (Lipinski definition) is 0. The van der Waals surface area contributed by atoms with Gasteiger partial charge >= 0.3 is 5.69 Å². The minimum atomic E-state index is -0.112. The fourth-order valence-electron chi connectivity index (χ4n) is 3.63. The van der Waals surface area contributed by atoms with Crippen LogP contribution in [0.4, 0.5) is 0 Å². The van der Waals surface area contributed by atoms with Crippen LogP contribution in [0.3, 0.4) is 0 Å². The topological polar surface area (TPSA) is 60.4 Å². The van der Waals surface area contributed by atoms with Gasteiger partial charge in [0.2, 0.25) is 0 Å². The normalized spacial score (nSPS) is 11.6. The summed E-state index contributed by atoms with van der Waals surface area (Å²) in [5.41, 5.74) is 4.94. The first-order valence-corrected chi connectivity index (χ1v) is 10.3. The van der Waals surface area contributed by atoms with Crippen molar-refractivity contribution >= 4 is 17.2 Å². The van der Waals surface area contributed by atoms with E-state index in [4.69, 9.17) is 16.7 Å². The fraction of sp³-hybridized carbons (Fsp3) is 0.318. The minimum Gasteiger partial charge on any atom is -0.300 e. The van der Waals surface area contributed by atoms with E-state index in [9.17, 15) is 4.79 Å². The van der Waals surface area contributed by atoms with E-state index < -0.39 is 0 Å². The summed E-state index contributed by atoms with van der Waals surface area (Å²) in [7, 11) is 2.05. The lowest BCUT2D eigenvalue weighted by atomic mass is 10.2. The summed E-state index contributed by atoms with van der Waals surface area (Å²) in [4.78, 5) is 14.6. The summed E-state index contributed by atoms with van der Waals surface area (Å²) in [6.07, 6.45) is 1.74. The molecule has 0 N–H and O–H groups in total. The lowest BCUT2D eigenvalue weighted by Gasteiger charge is -2.16. The first-order valence-electron chi connectivity index (χ1n) is 9.93. The number of aryl methyl sites for hydroxylation is 1. The number of nitrogens with zero attached hydrogens (tertiary/aromatic N) is 6. The zero-order chi connectivity index (χ0) is 21.3.